The lowest BCUT2D eigenvalue weighted by Gasteiger charge is -2.12. The van der Waals surface area contributed by atoms with E-state index in [0.717, 1.165) is 12.1 Å². The molecule has 1 amide bonds. The number of hydrogen-bond donors (Lipinski definition) is 2. The Labute approximate surface area is 123 Å². The molecule has 0 radical (unpaired) electrons. The van der Waals surface area contributed by atoms with Crippen LogP contribution < -0.4 is 11.1 Å². The summed E-state index contributed by atoms with van der Waals surface area (Å²) in [6.07, 6.45) is 4.43. The van der Waals surface area contributed by atoms with Crippen LogP contribution >= 0.6 is 0 Å². The van der Waals surface area contributed by atoms with Crippen LogP contribution in [0.3, 0.4) is 0 Å². The van der Waals surface area contributed by atoms with Gasteiger partial charge in [-0.3, -0.25) is 4.79 Å². The molecule has 0 saturated carbocycles. The standard InChI is InChI=1S/C14H19N5O2/c1-21-8-2-3-13(15)14(20)18-11-4-6-12(7-5-11)19-10-16-9-17-19/h4-7,9-10,13H,2-3,8,15H2,1H3,(H,18,20). The number of hydrogen-bond acceptors (Lipinski definition) is 5. The molecule has 1 heterocycles. The summed E-state index contributed by atoms with van der Waals surface area (Å²) in [7, 11) is 1.63. The molecular weight excluding hydrogens is 270 g/mol. The van der Waals surface area contributed by atoms with Gasteiger partial charge >= 0.3 is 0 Å². The molecule has 3 N–H and O–H groups in total. The Kier molecular flexibility index (Phi) is 5.42. The predicted octanol–water partition coefficient (Wildman–Crippen LogP) is 0.960. The average molecular weight is 289 g/mol. The first kappa shape index (κ1) is 15.1. The first-order valence-corrected chi connectivity index (χ1v) is 6.71. The number of nitrogens with two attached hydrogens (primary N) is 1. The van der Waals surface area contributed by atoms with Crippen molar-refractivity contribution in [2.45, 2.75) is 18.9 Å². The minimum absolute atomic E-state index is 0.195. The van der Waals surface area contributed by atoms with Gasteiger partial charge in [0.1, 0.15) is 12.7 Å². The zero-order valence-electron chi connectivity index (χ0n) is 11.9. The quantitative estimate of drug-likeness (QED) is 0.740. The van der Waals surface area contributed by atoms with Gasteiger partial charge in [0.2, 0.25) is 5.91 Å². The normalized spacial score (nSPS) is 12.1. The van der Waals surface area contributed by atoms with Crippen molar-refractivity contribution >= 4 is 11.6 Å². The highest BCUT2D eigenvalue weighted by molar-refractivity contribution is 5.94. The maximum Gasteiger partial charge on any atom is 0.241 e. The molecule has 112 valence electrons. The van der Waals surface area contributed by atoms with Crippen LogP contribution in [0, 0.1) is 0 Å². The van der Waals surface area contributed by atoms with Crippen LogP contribution in [0.4, 0.5) is 5.69 Å². The fourth-order valence-electron chi connectivity index (χ4n) is 1.85. The van der Waals surface area contributed by atoms with Crippen LogP contribution in [0.5, 0.6) is 0 Å². The molecule has 21 heavy (non-hydrogen) atoms. The van der Waals surface area contributed by atoms with E-state index >= 15 is 0 Å². The molecule has 7 heteroatoms. The number of benzene rings is 1. The number of nitrogens with zero attached hydrogens (tertiary/aromatic N) is 3. The van der Waals surface area contributed by atoms with Gasteiger partial charge in [0, 0.05) is 19.4 Å². The van der Waals surface area contributed by atoms with Crippen LogP contribution in [-0.2, 0) is 9.53 Å². The third-order valence-corrected chi connectivity index (χ3v) is 3.02. The minimum Gasteiger partial charge on any atom is -0.385 e. The molecule has 0 spiro atoms. The third kappa shape index (κ3) is 4.37. The molecule has 1 atom stereocenters. The van der Waals surface area contributed by atoms with Crippen LogP contribution in [0.15, 0.2) is 36.9 Å². The van der Waals surface area contributed by atoms with Crippen molar-refractivity contribution in [3.05, 3.63) is 36.9 Å². The number of aromatic nitrogens is 3. The smallest absolute Gasteiger partial charge is 0.241 e. The van der Waals surface area contributed by atoms with Crippen LogP contribution in [0.1, 0.15) is 12.8 Å². The summed E-state index contributed by atoms with van der Waals surface area (Å²) in [5.74, 6) is -0.195. The van der Waals surface area contributed by atoms with Gasteiger partial charge < -0.3 is 15.8 Å². The largest absolute Gasteiger partial charge is 0.385 e. The molecule has 2 rings (SSSR count). The summed E-state index contributed by atoms with van der Waals surface area (Å²) < 4.78 is 6.58. The van der Waals surface area contributed by atoms with Crippen LogP contribution in [0.2, 0.25) is 0 Å². The van der Waals surface area contributed by atoms with Gasteiger partial charge in [-0.15, -0.1) is 0 Å². The molecule has 0 aliphatic rings. The summed E-state index contributed by atoms with van der Waals surface area (Å²) in [4.78, 5) is 15.8. The van der Waals surface area contributed by atoms with Gasteiger partial charge in [0.25, 0.3) is 0 Å². The van der Waals surface area contributed by atoms with Crippen molar-refractivity contribution in [2.24, 2.45) is 5.73 Å². The summed E-state index contributed by atoms with van der Waals surface area (Å²) >= 11 is 0. The van der Waals surface area contributed by atoms with E-state index in [-0.39, 0.29) is 5.91 Å². The molecule has 7 nitrogen and oxygen atoms in total. The average Bonchev–Trinajstić information content (AvgIpc) is 3.02. The topological polar surface area (TPSA) is 95.1 Å². The fourth-order valence-corrected chi connectivity index (χ4v) is 1.85. The number of anilines is 1. The highest BCUT2D eigenvalue weighted by Crippen LogP contribution is 2.12. The van der Waals surface area contributed by atoms with Gasteiger partial charge in [0.15, 0.2) is 0 Å². The van der Waals surface area contributed by atoms with Crippen molar-refractivity contribution in [3.63, 3.8) is 0 Å². The van der Waals surface area contributed by atoms with Crippen molar-refractivity contribution < 1.29 is 9.53 Å². The number of rotatable bonds is 7. The monoisotopic (exact) mass is 289 g/mol. The zero-order valence-corrected chi connectivity index (χ0v) is 11.9. The number of nitrogens with one attached hydrogen (secondary N) is 1. The lowest BCUT2D eigenvalue weighted by Crippen LogP contribution is -2.35. The van der Waals surface area contributed by atoms with E-state index in [4.69, 9.17) is 10.5 Å². The Morgan fingerprint density at radius 3 is 2.81 bits per heavy atom. The zero-order chi connectivity index (χ0) is 15.1. The van der Waals surface area contributed by atoms with Crippen molar-refractivity contribution in [1.82, 2.24) is 14.8 Å². The maximum absolute atomic E-state index is 11.9. The molecule has 1 aromatic heterocycles. The Bertz CT molecular complexity index is 553. The van der Waals surface area contributed by atoms with Gasteiger partial charge in [-0.2, -0.15) is 5.10 Å². The van der Waals surface area contributed by atoms with Gasteiger partial charge in [-0.05, 0) is 37.1 Å². The summed E-state index contributed by atoms with van der Waals surface area (Å²) in [6.45, 7) is 0.605. The van der Waals surface area contributed by atoms with Gasteiger partial charge in [0.05, 0.1) is 11.7 Å². The highest BCUT2D eigenvalue weighted by Gasteiger charge is 2.13. The first-order chi connectivity index (χ1) is 10.2. The molecule has 1 aromatic carbocycles. The fraction of sp³-hybridized carbons (Fsp3) is 0.357. The van der Waals surface area contributed by atoms with Gasteiger partial charge in [-0.1, -0.05) is 0 Å². The second kappa shape index (κ2) is 7.51. The molecule has 1 unspecified atom stereocenters. The molecule has 2 aromatic rings. The Balaban J connectivity index is 1.89. The van der Waals surface area contributed by atoms with Crippen LogP contribution in [0.25, 0.3) is 5.69 Å². The Hall–Kier alpha value is -2.25. The first-order valence-electron chi connectivity index (χ1n) is 6.71. The molecule has 0 bridgehead atoms. The number of carbonyl (C=O) groups is 1. The second-order valence-electron chi connectivity index (χ2n) is 4.62. The SMILES string of the molecule is COCCCC(N)C(=O)Nc1ccc(-n2cncn2)cc1. The van der Waals surface area contributed by atoms with Gasteiger partial charge in [-0.25, -0.2) is 9.67 Å². The lowest BCUT2D eigenvalue weighted by atomic mass is 10.1. The Morgan fingerprint density at radius 2 is 2.19 bits per heavy atom. The molecular formula is C14H19N5O2. The van der Waals surface area contributed by atoms with E-state index in [2.05, 4.69) is 15.4 Å². The van der Waals surface area contributed by atoms with E-state index in [1.165, 1.54) is 6.33 Å². The lowest BCUT2D eigenvalue weighted by molar-refractivity contribution is -0.117. The van der Waals surface area contributed by atoms with Crippen molar-refractivity contribution in [1.29, 1.82) is 0 Å². The molecule has 0 saturated heterocycles. The molecule has 0 aliphatic heterocycles. The predicted molar refractivity (Wildman–Crippen MR) is 79.1 cm³/mol. The third-order valence-electron chi connectivity index (χ3n) is 3.02. The highest BCUT2D eigenvalue weighted by atomic mass is 16.5. The van der Waals surface area contributed by atoms with E-state index < -0.39 is 6.04 Å². The summed E-state index contributed by atoms with van der Waals surface area (Å²) in [5.41, 5.74) is 7.39. The molecule has 0 aliphatic carbocycles. The van der Waals surface area contributed by atoms with E-state index in [1.54, 1.807) is 30.3 Å². The van der Waals surface area contributed by atoms with Crippen molar-refractivity contribution in [3.8, 4) is 5.69 Å². The number of amides is 1. The van der Waals surface area contributed by atoms with E-state index in [1.807, 2.05) is 12.1 Å². The maximum atomic E-state index is 11.9. The number of methoxy groups -OCH3 is 1. The van der Waals surface area contributed by atoms with E-state index in [0.29, 0.717) is 18.7 Å². The van der Waals surface area contributed by atoms with E-state index in [9.17, 15) is 4.79 Å². The second-order valence-corrected chi connectivity index (χ2v) is 4.62. The number of carbonyl (C=O) groups excluding carboxylic acids is 1. The summed E-state index contributed by atoms with van der Waals surface area (Å²) in [6, 6.07) is 6.77. The minimum atomic E-state index is -0.532. The van der Waals surface area contributed by atoms with Crippen LogP contribution in [-0.4, -0.2) is 40.4 Å². The number of ether oxygens (including phenoxy) is 1. The molecule has 0 fully saturated rings. The summed E-state index contributed by atoms with van der Waals surface area (Å²) in [5, 5.41) is 6.82. The Morgan fingerprint density at radius 1 is 1.43 bits per heavy atom. The van der Waals surface area contributed by atoms with Crippen molar-refractivity contribution in [2.75, 3.05) is 19.0 Å².